The molecule has 0 rings (SSSR count). The smallest absolute Gasteiger partial charge is 0.318 e. The molecule has 0 amide bonds. The summed E-state index contributed by atoms with van der Waals surface area (Å²) >= 11 is 0. The second-order valence-corrected chi connectivity index (χ2v) is 6.30. The normalized spacial score (nSPS) is 13.9. The van der Waals surface area contributed by atoms with E-state index in [-0.39, 0.29) is 6.54 Å². The summed E-state index contributed by atoms with van der Waals surface area (Å²) in [6.45, 7) is 5.43. The Hall–Kier alpha value is -0.620. The fourth-order valence-corrected chi connectivity index (χ4v) is 3.90. The molecular formula is C11H23NO4S. The molecule has 0 aromatic heterocycles. The van der Waals surface area contributed by atoms with Gasteiger partial charge in [-0.15, -0.1) is 0 Å². The van der Waals surface area contributed by atoms with Crippen LogP contribution in [0.3, 0.4) is 0 Å². The number of sulfonamides is 1. The number of hydrogen-bond donors (Lipinski definition) is 1. The van der Waals surface area contributed by atoms with Crippen molar-refractivity contribution in [2.45, 2.75) is 51.7 Å². The van der Waals surface area contributed by atoms with Crippen LogP contribution < -0.4 is 0 Å². The molecule has 0 saturated carbocycles. The van der Waals surface area contributed by atoms with Crippen LogP contribution in [0.15, 0.2) is 0 Å². The number of hydrogen-bond acceptors (Lipinski definition) is 3. The minimum absolute atomic E-state index is 0.273. The van der Waals surface area contributed by atoms with E-state index in [0.717, 1.165) is 10.7 Å². The molecule has 6 heteroatoms. The van der Waals surface area contributed by atoms with Gasteiger partial charge >= 0.3 is 5.97 Å². The Morgan fingerprint density at radius 1 is 1.24 bits per heavy atom. The maximum atomic E-state index is 12.2. The summed E-state index contributed by atoms with van der Waals surface area (Å²) in [5.41, 5.74) is 0. The van der Waals surface area contributed by atoms with Crippen LogP contribution in [-0.4, -0.2) is 42.1 Å². The van der Waals surface area contributed by atoms with Crippen molar-refractivity contribution in [3.63, 3.8) is 0 Å². The molecule has 0 heterocycles. The molecule has 0 fully saturated rings. The van der Waals surface area contributed by atoms with Crippen molar-refractivity contribution in [1.82, 2.24) is 4.31 Å². The van der Waals surface area contributed by atoms with E-state index in [2.05, 4.69) is 0 Å². The predicted molar refractivity (Wildman–Crippen MR) is 67.4 cm³/mol. The number of carboxylic acids is 1. The van der Waals surface area contributed by atoms with E-state index in [4.69, 9.17) is 5.11 Å². The highest BCUT2D eigenvalue weighted by Gasteiger charge is 2.30. The summed E-state index contributed by atoms with van der Waals surface area (Å²) in [5, 5.41) is 8.29. The maximum Gasteiger partial charge on any atom is 0.318 e. The van der Waals surface area contributed by atoms with Crippen molar-refractivity contribution in [3.05, 3.63) is 0 Å². The van der Waals surface area contributed by atoms with Crippen molar-refractivity contribution in [3.8, 4) is 0 Å². The van der Waals surface area contributed by atoms with Gasteiger partial charge in [-0.25, -0.2) is 8.42 Å². The van der Waals surface area contributed by atoms with E-state index in [1.807, 2.05) is 20.8 Å². The van der Waals surface area contributed by atoms with Crippen molar-refractivity contribution in [2.75, 3.05) is 13.1 Å². The van der Waals surface area contributed by atoms with Crippen LogP contribution in [0.2, 0.25) is 0 Å². The first kappa shape index (κ1) is 16.4. The molecule has 1 N–H and O–H groups in total. The summed E-state index contributed by atoms with van der Waals surface area (Å²) in [6, 6.07) is 0. The van der Waals surface area contributed by atoms with Crippen molar-refractivity contribution >= 4 is 16.0 Å². The zero-order chi connectivity index (χ0) is 13.5. The number of rotatable bonds is 9. The van der Waals surface area contributed by atoms with Crippen molar-refractivity contribution in [2.24, 2.45) is 0 Å². The Morgan fingerprint density at radius 2 is 1.82 bits per heavy atom. The molecule has 0 spiro atoms. The second kappa shape index (κ2) is 7.66. The lowest BCUT2D eigenvalue weighted by molar-refractivity contribution is -0.137. The molecule has 0 aliphatic rings. The van der Waals surface area contributed by atoms with Crippen molar-refractivity contribution in [1.29, 1.82) is 0 Å². The average Bonchev–Trinajstić information content (AvgIpc) is 2.24. The molecule has 0 aliphatic heterocycles. The van der Waals surface area contributed by atoms with Gasteiger partial charge in [-0.1, -0.05) is 27.2 Å². The Bertz CT molecular complexity index is 326. The summed E-state index contributed by atoms with van der Waals surface area (Å²) in [4.78, 5) is 10.7. The average molecular weight is 265 g/mol. The number of carboxylic acid groups (broad SMARTS) is 1. The van der Waals surface area contributed by atoms with E-state index in [0.29, 0.717) is 19.3 Å². The highest BCUT2D eigenvalue weighted by atomic mass is 32.2. The van der Waals surface area contributed by atoms with Gasteiger partial charge in [0.1, 0.15) is 6.54 Å². The monoisotopic (exact) mass is 265 g/mol. The summed E-state index contributed by atoms with van der Waals surface area (Å²) < 4.78 is 25.6. The molecule has 0 saturated heterocycles. The van der Waals surface area contributed by atoms with Gasteiger partial charge in [-0.2, -0.15) is 4.31 Å². The van der Waals surface area contributed by atoms with E-state index >= 15 is 0 Å². The zero-order valence-corrected chi connectivity index (χ0v) is 11.7. The molecule has 0 radical (unpaired) electrons. The maximum absolute atomic E-state index is 12.2. The second-order valence-electron chi connectivity index (χ2n) is 4.09. The topological polar surface area (TPSA) is 74.7 Å². The van der Waals surface area contributed by atoms with Gasteiger partial charge in [0.15, 0.2) is 0 Å². The zero-order valence-electron chi connectivity index (χ0n) is 10.8. The van der Waals surface area contributed by atoms with Gasteiger partial charge in [0.2, 0.25) is 10.0 Å². The summed E-state index contributed by atoms with van der Waals surface area (Å²) in [7, 11) is -3.48. The molecule has 0 aromatic carbocycles. The summed E-state index contributed by atoms with van der Waals surface area (Å²) in [6.07, 6.45) is 2.51. The Balaban J connectivity index is 4.97. The molecule has 0 bridgehead atoms. The molecular weight excluding hydrogens is 242 g/mol. The quantitative estimate of drug-likeness (QED) is 0.688. The third-order valence-electron chi connectivity index (χ3n) is 2.63. The lowest BCUT2D eigenvalue weighted by Gasteiger charge is -2.25. The van der Waals surface area contributed by atoms with Crippen LogP contribution in [0.1, 0.15) is 46.5 Å². The van der Waals surface area contributed by atoms with Crippen LogP contribution in [0, 0.1) is 0 Å². The fourth-order valence-electron chi connectivity index (χ4n) is 1.79. The first-order valence-corrected chi connectivity index (χ1v) is 7.61. The van der Waals surface area contributed by atoms with Crippen LogP contribution >= 0.6 is 0 Å². The van der Waals surface area contributed by atoms with Gasteiger partial charge in [-0.05, 0) is 19.3 Å². The van der Waals surface area contributed by atoms with Gasteiger partial charge in [0.05, 0.1) is 5.25 Å². The Morgan fingerprint density at radius 3 is 2.18 bits per heavy atom. The van der Waals surface area contributed by atoms with E-state index in [9.17, 15) is 13.2 Å². The number of nitrogens with zero attached hydrogens (tertiary/aromatic N) is 1. The van der Waals surface area contributed by atoms with Gasteiger partial charge < -0.3 is 5.11 Å². The first-order chi connectivity index (χ1) is 7.89. The highest BCUT2D eigenvalue weighted by Crippen LogP contribution is 2.17. The molecule has 102 valence electrons. The molecule has 0 aliphatic carbocycles. The molecule has 1 atom stereocenters. The van der Waals surface area contributed by atoms with E-state index in [1.165, 1.54) is 0 Å². The van der Waals surface area contributed by atoms with Crippen molar-refractivity contribution < 1.29 is 18.3 Å². The molecule has 0 aromatic rings. The number of carbonyl (C=O) groups is 1. The predicted octanol–water partition coefficient (Wildman–Crippen LogP) is 1.69. The lowest BCUT2D eigenvalue weighted by Crippen LogP contribution is -2.42. The third-order valence-corrected chi connectivity index (χ3v) is 5.07. The summed E-state index contributed by atoms with van der Waals surface area (Å²) in [5.74, 6) is -1.10. The van der Waals surface area contributed by atoms with Crippen LogP contribution in [0.5, 0.6) is 0 Å². The van der Waals surface area contributed by atoms with E-state index in [1.54, 1.807) is 0 Å². The van der Waals surface area contributed by atoms with Gasteiger partial charge in [0, 0.05) is 6.54 Å². The Kier molecular flexibility index (Phi) is 7.38. The Labute approximate surface area is 104 Å². The van der Waals surface area contributed by atoms with E-state index < -0.39 is 27.8 Å². The van der Waals surface area contributed by atoms with Crippen LogP contribution in [-0.2, 0) is 14.8 Å². The lowest BCUT2D eigenvalue weighted by atomic mass is 10.2. The SMILES string of the molecule is CCCC(CC)S(=O)(=O)N(CCC)CC(=O)O. The largest absolute Gasteiger partial charge is 0.480 e. The third kappa shape index (κ3) is 5.04. The molecule has 1 unspecified atom stereocenters. The minimum Gasteiger partial charge on any atom is -0.480 e. The standard InChI is InChI=1S/C11H23NO4S/c1-4-7-10(6-3)17(15,16)12(8-5-2)9-11(13)14/h10H,4-9H2,1-3H3,(H,13,14). The van der Waals surface area contributed by atoms with Gasteiger partial charge in [-0.3, -0.25) is 4.79 Å². The number of aliphatic carboxylic acids is 1. The first-order valence-electron chi connectivity index (χ1n) is 6.10. The van der Waals surface area contributed by atoms with Crippen LogP contribution in [0.4, 0.5) is 0 Å². The minimum atomic E-state index is -3.48. The van der Waals surface area contributed by atoms with Gasteiger partial charge in [0.25, 0.3) is 0 Å². The molecule has 5 nitrogen and oxygen atoms in total. The highest BCUT2D eigenvalue weighted by molar-refractivity contribution is 7.89. The molecule has 17 heavy (non-hydrogen) atoms. The fraction of sp³-hybridized carbons (Fsp3) is 0.909. The van der Waals surface area contributed by atoms with Crippen LogP contribution in [0.25, 0.3) is 0 Å².